The molecule has 4 aromatic rings. The third-order valence-electron chi connectivity index (χ3n) is 4.90. The van der Waals surface area contributed by atoms with Gasteiger partial charge < -0.3 is 4.90 Å². The zero-order valence-corrected chi connectivity index (χ0v) is 18.4. The molecule has 1 heterocycles. The highest BCUT2D eigenvalue weighted by Crippen LogP contribution is 2.26. The van der Waals surface area contributed by atoms with Crippen molar-refractivity contribution in [1.82, 2.24) is 9.55 Å². The molecule has 1 aromatic heterocycles. The number of aromatic nitrogens is 2. The van der Waals surface area contributed by atoms with E-state index in [2.05, 4.69) is 4.90 Å². The van der Waals surface area contributed by atoms with Crippen LogP contribution in [0.15, 0.2) is 90.0 Å². The topological polar surface area (TPSA) is 81.2 Å². The molecule has 0 aliphatic carbocycles. The summed E-state index contributed by atoms with van der Waals surface area (Å²) in [5, 5.41) is 5.87. The van der Waals surface area contributed by atoms with Crippen LogP contribution in [-0.2, 0) is 16.6 Å². The third-order valence-corrected chi connectivity index (χ3v) is 6.08. The second kappa shape index (κ2) is 8.55. The number of imidazole rings is 1. The van der Waals surface area contributed by atoms with Crippen molar-refractivity contribution in [2.75, 3.05) is 11.9 Å². The van der Waals surface area contributed by atoms with Crippen molar-refractivity contribution in [1.29, 1.82) is 0 Å². The van der Waals surface area contributed by atoms with Gasteiger partial charge in [0, 0.05) is 35.2 Å². The number of nitrogens with zero attached hydrogens (tertiary/aromatic N) is 3. The summed E-state index contributed by atoms with van der Waals surface area (Å²) in [6, 6.07) is 23.9. The highest BCUT2D eigenvalue weighted by Gasteiger charge is 2.15. The summed E-state index contributed by atoms with van der Waals surface area (Å²) in [7, 11) is -1.75. The molecular formula is C23H21ClN4O2S. The zero-order valence-electron chi connectivity index (χ0n) is 16.8. The van der Waals surface area contributed by atoms with Gasteiger partial charge in [0.15, 0.2) is 0 Å². The van der Waals surface area contributed by atoms with Gasteiger partial charge in [-0.15, -0.1) is 0 Å². The van der Waals surface area contributed by atoms with E-state index in [1.165, 1.54) is 12.1 Å². The van der Waals surface area contributed by atoms with Crippen LogP contribution in [0.25, 0.3) is 17.1 Å². The molecule has 0 atom stereocenters. The Morgan fingerprint density at radius 1 is 0.968 bits per heavy atom. The molecule has 31 heavy (non-hydrogen) atoms. The van der Waals surface area contributed by atoms with Crippen LogP contribution in [-0.4, -0.2) is 25.0 Å². The number of rotatable bonds is 6. The van der Waals surface area contributed by atoms with E-state index in [0.29, 0.717) is 11.6 Å². The van der Waals surface area contributed by atoms with Gasteiger partial charge in [-0.1, -0.05) is 29.8 Å². The SMILES string of the molecule is CN(Cc1cn(-c2ccc(S(N)(=O)=O)cc2)c(-c2ccc(Cl)cc2)n1)c1ccccc1. The van der Waals surface area contributed by atoms with Crippen LogP contribution >= 0.6 is 11.6 Å². The predicted molar refractivity (Wildman–Crippen MR) is 124 cm³/mol. The summed E-state index contributed by atoms with van der Waals surface area (Å²) in [5.41, 5.74) is 3.63. The molecule has 0 radical (unpaired) electrons. The van der Waals surface area contributed by atoms with Crippen LogP contribution in [0, 0.1) is 0 Å². The lowest BCUT2D eigenvalue weighted by Gasteiger charge is -2.17. The Morgan fingerprint density at radius 3 is 2.23 bits per heavy atom. The van der Waals surface area contributed by atoms with Crippen LogP contribution in [0.2, 0.25) is 5.02 Å². The molecule has 158 valence electrons. The van der Waals surface area contributed by atoms with Crippen molar-refractivity contribution < 1.29 is 8.42 Å². The van der Waals surface area contributed by atoms with Crippen LogP contribution < -0.4 is 10.0 Å². The van der Waals surface area contributed by atoms with Gasteiger partial charge in [0.1, 0.15) is 5.82 Å². The lowest BCUT2D eigenvalue weighted by Crippen LogP contribution is -2.16. The molecule has 3 aromatic carbocycles. The van der Waals surface area contributed by atoms with Crippen LogP contribution in [0.5, 0.6) is 0 Å². The van der Waals surface area contributed by atoms with E-state index in [-0.39, 0.29) is 4.90 Å². The molecule has 0 saturated heterocycles. The summed E-state index contributed by atoms with van der Waals surface area (Å²) in [6.07, 6.45) is 1.95. The van der Waals surface area contributed by atoms with E-state index in [1.54, 1.807) is 12.1 Å². The number of primary sulfonamides is 1. The highest BCUT2D eigenvalue weighted by molar-refractivity contribution is 7.89. The summed E-state index contributed by atoms with van der Waals surface area (Å²) >= 11 is 6.06. The molecule has 0 spiro atoms. The van der Waals surface area contributed by atoms with Crippen molar-refractivity contribution in [2.24, 2.45) is 5.14 Å². The molecule has 0 fully saturated rings. The van der Waals surface area contributed by atoms with Crippen LogP contribution in [0.1, 0.15) is 5.69 Å². The number of hydrogen-bond donors (Lipinski definition) is 1. The van der Waals surface area contributed by atoms with Gasteiger partial charge in [-0.25, -0.2) is 18.5 Å². The maximum absolute atomic E-state index is 11.6. The summed E-state index contributed by atoms with van der Waals surface area (Å²) < 4.78 is 25.1. The summed E-state index contributed by atoms with van der Waals surface area (Å²) in [6.45, 7) is 0.604. The third kappa shape index (κ3) is 4.80. The van der Waals surface area contributed by atoms with Gasteiger partial charge in [-0.3, -0.25) is 4.57 Å². The van der Waals surface area contributed by atoms with E-state index < -0.39 is 10.0 Å². The van der Waals surface area contributed by atoms with Gasteiger partial charge in [0.2, 0.25) is 10.0 Å². The van der Waals surface area contributed by atoms with Crippen molar-refractivity contribution in [3.63, 3.8) is 0 Å². The number of para-hydroxylation sites is 1. The number of halogens is 1. The number of nitrogens with two attached hydrogens (primary N) is 1. The number of anilines is 1. The first-order valence-corrected chi connectivity index (χ1v) is 11.5. The smallest absolute Gasteiger partial charge is 0.238 e. The summed E-state index contributed by atoms with van der Waals surface area (Å²) in [5.74, 6) is 0.733. The second-order valence-corrected chi connectivity index (χ2v) is 9.16. The first-order valence-electron chi connectivity index (χ1n) is 9.55. The van der Waals surface area contributed by atoms with E-state index in [9.17, 15) is 8.42 Å². The average molecular weight is 453 g/mol. The Bertz CT molecular complexity index is 1290. The number of benzene rings is 3. The molecule has 0 bridgehead atoms. The molecule has 6 nitrogen and oxygen atoms in total. The first-order chi connectivity index (χ1) is 14.8. The first kappa shape index (κ1) is 21.1. The van der Waals surface area contributed by atoms with E-state index in [0.717, 1.165) is 28.5 Å². The fourth-order valence-electron chi connectivity index (χ4n) is 3.32. The highest BCUT2D eigenvalue weighted by atomic mass is 35.5. The van der Waals surface area contributed by atoms with Crippen molar-refractivity contribution in [3.8, 4) is 17.1 Å². The van der Waals surface area contributed by atoms with E-state index >= 15 is 0 Å². The number of hydrogen-bond acceptors (Lipinski definition) is 4. The maximum Gasteiger partial charge on any atom is 0.238 e. The van der Waals surface area contributed by atoms with Crippen LogP contribution in [0.3, 0.4) is 0 Å². The standard InChI is InChI=1S/C23H21ClN4O2S/c1-27(20-5-3-2-4-6-20)15-19-16-28(21-11-13-22(14-12-21)31(25,29)30)23(26-19)17-7-9-18(24)10-8-17/h2-14,16H,15H2,1H3,(H2,25,29,30). The van der Waals surface area contributed by atoms with Gasteiger partial charge in [-0.05, 0) is 60.7 Å². The maximum atomic E-state index is 11.6. The monoisotopic (exact) mass is 452 g/mol. The van der Waals surface area contributed by atoms with Crippen LogP contribution in [0.4, 0.5) is 5.69 Å². The minimum Gasteiger partial charge on any atom is -0.369 e. The Kier molecular flexibility index (Phi) is 5.82. The van der Waals surface area contributed by atoms with E-state index in [1.807, 2.05) is 72.4 Å². The average Bonchev–Trinajstić information content (AvgIpc) is 3.18. The molecular weight excluding hydrogens is 432 g/mol. The number of sulfonamides is 1. The van der Waals surface area contributed by atoms with Crippen molar-refractivity contribution in [2.45, 2.75) is 11.4 Å². The predicted octanol–water partition coefficient (Wildman–Crippen LogP) is 4.48. The fourth-order valence-corrected chi connectivity index (χ4v) is 3.96. The zero-order chi connectivity index (χ0) is 22.0. The molecule has 2 N–H and O–H groups in total. The lowest BCUT2D eigenvalue weighted by molar-refractivity contribution is 0.598. The molecule has 0 aliphatic rings. The molecule has 0 unspecified atom stereocenters. The summed E-state index contributed by atoms with van der Waals surface area (Å²) in [4.78, 5) is 7.04. The Morgan fingerprint density at radius 2 is 1.61 bits per heavy atom. The molecule has 0 saturated carbocycles. The minimum absolute atomic E-state index is 0.0634. The van der Waals surface area contributed by atoms with Crippen molar-refractivity contribution >= 4 is 27.3 Å². The van der Waals surface area contributed by atoms with Crippen molar-refractivity contribution in [3.05, 3.63) is 95.8 Å². The van der Waals surface area contributed by atoms with E-state index in [4.69, 9.17) is 21.7 Å². The van der Waals surface area contributed by atoms with Gasteiger partial charge >= 0.3 is 0 Å². The Labute approximate surface area is 186 Å². The minimum atomic E-state index is -3.76. The van der Waals surface area contributed by atoms with Gasteiger partial charge in [0.25, 0.3) is 0 Å². The quantitative estimate of drug-likeness (QED) is 0.467. The molecule has 4 rings (SSSR count). The normalized spacial score (nSPS) is 11.5. The lowest BCUT2D eigenvalue weighted by atomic mass is 10.2. The van der Waals surface area contributed by atoms with Gasteiger partial charge in [0.05, 0.1) is 17.1 Å². The Hall–Kier alpha value is -3.13. The second-order valence-electron chi connectivity index (χ2n) is 7.16. The van der Waals surface area contributed by atoms with Gasteiger partial charge in [-0.2, -0.15) is 0 Å². The Balaban J connectivity index is 1.74. The molecule has 0 aliphatic heterocycles. The molecule has 0 amide bonds. The molecule has 8 heteroatoms. The fraction of sp³-hybridized carbons (Fsp3) is 0.0870. The largest absolute Gasteiger partial charge is 0.369 e.